The minimum atomic E-state index is 0.0996. The highest BCUT2D eigenvalue weighted by Crippen LogP contribution is 2.24. The van der Waals surface area contributed by atoms with Crippen molar-refractivity contribution in [3.63, 3.8) is 0 Å². The maximum atomic E-state index is 5.72. The van der Waals surface area contributed by atoms with Crippen molar-refractivity contribution in [3.05, 3.63) is 54.6 Å². The summed E-state index contributed by atoms with van der Waals surface area (Å²) in [6.45, 7) is 6.04. The summed E-state index contributed by atoms with van der Waals surface area (Å²) in [5, 5.41) is 7.71. The molecule has 3 rings (SSSR count). The van der Waals surface area contributed by atoms with Crippen molar-refractivity contribution in [1.29, 1.82) is 0 Å². The molecule has 0 radical (unpaired) electrons. The molecule has 6 heteroatoms. The van der Waals surface area contributed by atoms with Gasteiger partial charge in [0.1, 0.15) is 12.1 Å². The van der Waals surface area contributed by atoms with E-state index >= 15 is 0 Å². The number of nitrogens with zero attached hydrogens (tertiary/aromatic N) is 4. The molecule has 0 aliphatic rings. The van der Waals surface area contributed by atoms with Gasteiger partial charge in [0.15, 0.2) is 0 Å². The lowest BCUT2D eigenvalue weighted by Gasteiger charge is -2.13. The van der Waals surface area contributed by atoms with Gasteiger partial charge in [-0.2, -0.15) is 4.98 Å². The first-order valence-corrected chi connectivity index (χ1v) is 8.05. The topological polar surface area (TPSA) is 64.9 Å². The SMILES string of the molecule is CCc1ncc(OC(C)C)cc1Nc1ncn(-c2ccccc2)n1. The number of aryl methyl sites for hydroxylation is 1. The minimum Gasteiger partial charge on any atom is -0.489 e. The fraction of sp³-hybridized carbons (Fsp3) is 0.278. The Kier molecular flexibility index (Phi) is 4.74. The van der Waals surface area contributed by atoms with Gasteiger partial charge in [0.2, 0.25) is 5.95 Å². The standard InChI is InChI=1S/C18H21N5O/c1-4-16-17(10-15(11-19-16)24-13(2)3)21-18-20-12-23(22-18)14-8-6-5-7-9-14/h5-13H,4H2,1-3H3,(H,21,22). The van der Waals surface area contributed by atoms with E-state index in [-0.39, 0.29) is 6.10 Å². The summed E-state index contributed by atoms with van der Waals surface area (Å²) in [5.41, 5.74) is 2.77. The van der Waals surface area contributed by atoms with Gasteiger partial charge in [-0.15, -0.1) is 5.10 Å². The van der Waals surface area contributed by atoms with Crippen LogP contribution < -0.4 is 10.1 Å². The van der Waals surface area contributed by atoms with Gasteiger partial charge in [0, 0.05) is 6.07 Å². The molecule has 2 aromatic heterocycles. The van der Waals surface area contributed by atoms with Gasteiger partial charge in [-0.3, -0.25) is 4.98 Å². The molecule has 0 saturated heterocycles. The molecule has 0 bridgehead atoms. The van der Waals surface area contributed by atoms with E-state index in [9.17, 15) is 0 Å². The quantitative estimate of drug-likeness (QED) is 0.748. The van der Waals surface area contributed by atoms with E-state index in [1.807, 2.05) is 50.2 Å². The number of pyridine rings is 1. The molecule has 0 aliphatic heterocycles. The summed E-state index contributed by atoms with van der Waals surface area (Å²) >= 11 is 0. The number of anilines is 2. The number of ether oxygens (including phenoxy) is 1. The van der Waals surface area contributed by atoms with Crippen LogP contribution in [-0.2, 0) is 6.42 Å². The van der Waals surface area contributed by atoms with Crippen molar-refractivity contribution in [2.75, 3.05) is 5.32 Å². The summed E-state index contributed by atoms with van der Waals surface area (Å²) in [5.74, 6) is 1.25. The van der Waals surface area contributed by atoms with E-state index in [2.05, 4.69) is 27.3 Å². The lowest BCUT2D eigenvalue weighted by atomic mass is 10.2. The molecule has 1 N–H and O–H groups in total. The highest BCUT2D eigenvalue weighted by Gasteiger charge is 2.09. The largest absolute Gasteiger partial charge is 0.489 e. The lowest BCUT2D eigenvalue weighted by molar-refractivity contribution is 0.241. The van der Waals surface area contributed by atoms with Crippen LogP contribution in [0.4, 0.5) is 11.6 Å². The van der Waals surface area contributed by atoms with E-state index in [1.54, 1.807) is 17.2 Å². The van der Waals surface area contributed by atoms with Crippen molar-refractivity contribution in [2.45, 2.75) is 33.3 Å². The second-order valence-corrected chi connectivity index (χ2v) is 5.66. The van der Waals surface area contributed by atoms with E-state index in [4.69, 9.17) is 4.74 Å². The van der Waals surface area contributed by atoms with Gasteiger partial charge in [-0.25, -0.2) is 4.68 Å². The molecule has 6 nitrogen and oxygen atoms in total. The van der Waals surface area contributed by atoms with Crippen molar-refractivity contribution < 1.29 is 4.74 Å². The van der Waals surface area contributed by atoms with Gasteiger partial charge < -0.3 is 10.1 Å². The number of rotatable bonds is 6. The predicted molar refractivity (Wildman–Crippen MR) is 94.0 cm³/mol. The van der Waals surface area contributed by atoms with Crippen molar-refractivity contribution in [1.82, 2.24) is 19.7 Å². The van der Waals surface area contributed by atoms with Crippen LogP contribution >= 0.6 is 0 Å². The highest BCUT2D eigenvalue weighted by atomic mass is 16.5. The third-order valence-corrected chi connectivity index (χ3v) is 3.41. The Bertz CT molecular complexity index is 798. The molecule has 0 amide bonds. The molecule has 0 spiro atoms. The first-order chi connectivity index (χ1) is 11.7. The fourth-order valence-corrected chi connectivity index (χ4v) is 2.35. The number of benzene rings is 1. The first-order valence-electron chi connectivity index (χ1n) is 8.05. The Morgan fingerprint density at radius 3 is 2.67 bits per heavy atom. The Labute approximate surface area is 141 Å². The molecule has 2 heterocycles. The molecular formula is C18H21N5O. The molecule has 0 atom stereocenters. The van der Waals surface area contributed by atoms with Gasteiger partial charge >= 0.3 is 0 Å². The summed E-state index contributed by atoms with van der Waals surface area (Å²) in [7, 11) is 0. The summed E-state index contributed by atoms with van der Waals surface area (Å²) < 4.78 is 7.45. The van der Waals surface area contributed by atoms with Gasteiger partial charge in [-0.1, -0.05) is 25.1 Å². The zero-order valence-corrected chi connectivity index (χ0v) is 14.1. The minimum absolute atomic E-state index is 0.0996. The molecular weight excluding hydrogens is 302 g/mol. The Morgan fingerprint density at radius 2 is 1.96 bits per heavy atom. The van der Waals surface area contributed by atoms with Gasteiger partial charge in [-0.05, 0) is 32.4 Å². The zero-order valence-electron chi connectivity index (χ0n) is 14.1. The number of aromatic nitrogens is 4. The van der Waals surface area contributed by atoms with E-state index in [1.165, 1.54) is 0 Å². The van der Waals surface area contributed by atoms with Crippen LogP contribution in [0.25, 0.3) is 5.69 Å². The molecule has 0 aliphatic carbocycles. The maximum absolute atomic E-state index is 5.72. The monoisotopic (exact) mass is 323 g/mol. The van der Waals surface area contributed by atoms with E-state index in [0.29, 0.717) is 5.95 Å². The number of para-hydroxylation sites is 1. The molecule has 1 aromatic carbocycles. The molecule has 0 unspecified atom stereocenters. The first kappa shape index (κ1) is 16.0. The van der Waals surface area contributed by atoms with Crippen molar-refractivity contribution in [3.8, 4) is 11.4 Å². The zero-order chi connectivity index (χ0) is 16.9. The van der Waals surface area contributed by atoms with Crippen LogP contribution in [-0.4, -0.2) is 25.9 Å². The fourth-order valence-electron chi connectivity index (χ4n) is 2.35. The third kappa shape index (κ3) is 3.71. The normalized spacial score (nSPS) is 10.8. The second-order valence-electron chi connectivity index (χ2n) is 5.66. The maximum Gasteiger partial charge on any atom is 0.247 e. The van der Waals surface area contributed by atoms with Crippen LogP contribution in [0.15, 0.2) is 48.9 Å². The Hall–Kier alpha value is -2.89. The average Bonchev–Trinajstić information content (AvgIpc) is 3.04. The lowest BCUT2D eigenvalue weighted by Crippen LogP contribution is -2.07. The van der Waals surface area contributed by atoms with Gasteiger partial charge in [0.25, 0.3) is 0 Å². The van der Waals surface area contributed by atoms with Crippen LogP contribution in [0.3, 0.4) is 0 Å². The summed E-state index contributed by atoms with van der Waals surface area (Å²) in [6.07, 6.45) is 4.34. The van der Waals surface area contributed by atoms with Crippen LogP contribution in [0, 0.1) is 0 Å². The van der Waals surface area contributed by atoms with Gasteiger partial charge in [0.05, 0.1) is 29.4 Å². The van der Waals surface area contributed by atoms with Crippen molar-refractivity contribution in [2.24, 2.45) is 0 Å². The smallest absolute Gasteiger partial charge is 0.247 e. The van der Waals surface area contributed by atoms with Crippen molar-refractivity contribution >= 4 is 11.6 Å². The van der Waals surface area contributed by atoms with E-state index in [0.717, 1.165) is 29.2 Å². The summed E-state index contributed by atoms with van der Waals surface area (Å²) in [6, 6.07) is 11.8. The number of hydrogen-bond acceptors (Lipinski definition) is 5. The predicted octanol–water partition coefficient (Wildman–Crippen LogP) is 3.76. The molecule has 124 valence electrons. The Balaban J connectivity index is 1.84. The molecule has 0 fully saturated rings. The molecule has 0 saturated carbocycles. The summed E-state index contributed by atoms with van der Waals surface area (Å²) in [4.78, 5) is 8.79. The average molecular weight is 323 g/mol. The number of hydrogen-bond donors (Lipinski definition) is 1. The molecule has 24 heavy (non-hydrogen) atoms. The highest BCUT2D eigenvalue weighted by molar-refractivity contribution is 5.58. The molecule has 3 aromatic rings. The van der Waals surface area contributed by atoms with E-state index < -0.39 is 0 Å². The second kappa shape index (κ2) is 7.12. The van der Waals surface area contributed by atoms with Crippen LogP contribution in [0.5, 0.6) is 5.75 Å². The van der Waals surface area contributed by atoms with Crippen LogP contribution in [0.1, 0.15) is 26.5 Å². The van der Waals surface area contributed by atoms with Crippen LogP contribution in [0.2, 0.25) is 0 Å². The Morgan fingerprint density at radius 1 is 1.17 bits per heavy atom. The third-order valence-electron chi connectivity index (χ3n) is 3.41. The number of nitrogens with one attached hydrogen (secondary N) is 1.